The Morgan fingerprint density at radius 2 is 2.03 bits per heavy atom. The fourth-order valence-electron chi connectivity index (χ4n) is 4.45. The van der Waals surface area contributed by atoms with Gasteiger partial charge in [0.1, 0.15) is 11.6 Å². The highest BCUT2D eigenvalue weighted by molar-refractivity contribution is 6.18. The molecule has 2 aromatic carbocycles. The van der Waals surface area contributed by atoms with Crippen LogP contribution in [0.25, 0.3) is 21.8 Å². The Hall–Kier alpha value is -3.41. The molecular formula is C23H21FN4O. The van der Waals surface area contributed by atoms with Gasteiger partial charge >= 0.3 is 0 Å². The number of fused-ring (bicyclic) bond motifs is 3. The number of anilines is 1. The predicted molar refractivity (Wildman–Crippen MR) is 113 cm³/mol. The van der Waals surface area contributed by atoms with Crippen LogP contribution in [0.4, 0.5) is 10.2 Å². The number of pyridine rings is 1. The standard InChI is InChI=1S/C23H21FN4O/c24-16-8-9-19-17(11-16)20-21(27-19)18(22(25)29)12-26-23(20)28-10-4-7-15(13-28)14-5-2-1-3-6-14/h1-3,5-6,8-9,11-12,15,27H,4,7,10,13H2,(H2,25,29). The third-order valence-electron chi connectivity index (χ3n) is 5.83. The first kappa shape index (κ1) is 17.7. The number of halogens is 1. The number of aromatic nitrogens is 2. The van der Waals surface area contributed by atoms with Gasteiger partial charge in [0.25, 0.3) is 5.91 Å². The van der Waals surface area contributed by atoms with E-state index in [2.05, 4.69) is 39.1 Å². The van der Waals surface area contributed by atoms with E-state index >= 15 is 0 Å². The maximum absolute atomic E-state index is 14.0. The van der Waals surface area contributed by atoms with Crippen molar-refractivity contribution in [2.24, 2.45) is 5.73 Å². The van der Waals surface area contributed by atoms with Crippen LogP contribution in [0.3, 0.4) is 0 Å². The Bertz CT molecular complexity index is 1220. The van der Waals surface area contributed by atoms with Crippen molar-refractivity contribution in [3.05, 3.63) is 71.7 Å². The SMILES string of the molecule is NC(=O)c1cnc(N2CCCC(c3ccccc3)C2)c2c1[nH]c1ccc(F)cc12. The molecule has 1 amide bonds. The number of aromatic amines is 1. The van der Waals surface area contributed by atoms with Crippen molar-refractivity contribution in [1.29, 1.82) is 0 Å². The Morgan fingerprint density at radius 1 is 1.21 bits per heavy atom. The lowest BCUT2D eigenvalue weighted by Crippen LogP contribution is -2.35. The van der Waals surface area contributed by atoms with Gasteiger partial charge in [-0.1, -0.05) is 30.3 Å². The number of amides is 1. The van der Waals surface area contributed by atoms with Crippen LogP contribution in [0, 0.1) is 5.82 Å². The number of nitrogens with zero attached hydrogens (tertiary/aromatic N) is 2. The van der Waals surface area contributed by atoms with Crippen LogP contribution in [0.1, 0.15) is 34.7 Å². The minimum atomic E-state index is -0.554. The van der Waals surface area contributed by atoms with Crippen molar-refractivity contribution in [3.8, 4) is 0 Å². The molecule has 1 fully saturated rings. The summed E-state index contributed by atoms with van der Waals surface area (Å²) in [6, 6.07) is 15.1. The summed E-state index contributed by atoms with van der Waals surface area (Å²) in [7, 11) is 0. The first-order valence-corrected chi connectivity index (χ1v) is 9.81. The summed E-state index contributed by atoms with van der Waals surface area (Å²) in [6.45, 7) is 1.69. The van der Waals surface area contributed by atoms with Crippen LogP contribution in [-0.2, 0) is 0 Å². The number of carbonyl (C=O) groups is 1. The number of hydrogen-bond donors (Lipinski definition) is 2. The monoisotopic (exact) mass is 388 g/mol. The van der Waals surface area contributed by atoms with E-state index in [1.54, 1.807) is 6.07 Å². The van der Waals surface area contributed by atoms with Crippen LogP contribution >= 0.6 is 0 Å². The van der Waals surface area contributed by atoms with Crippen LogP contribution < -0.4 is 10.6 Å². The quantitative estimate of drug-likeness (QED) is 0.548. The number of piperidine rings is 1. The number of nitrogens with one attached hydrogen (secondary N) is 1. The molecule has 0 saturated carbocycles. The van der Waals surface area contributed by atoms with Gasteiger partial charge in [-0.05, 0) is 36.6 Å². The minimum Gasteiger partial charge on any atom is -0.365 e. The number of hydrogen-bond acceptors (Lipinski definition) is 3. The van der Waals surface area contributed by atoms with E-state index in [0.29, 0.717) is 22.4 Å². The van der Waals surface area contributed by atoms with Crippen LogP contribution in [0.5, 0.6) is 0 Å². The highest BCUT2D eigenvalue weighted by atomic mass is 19.1. The average molecular weight is 388 g/mol. The fourth-order valence-corrected chi connectivity index (χ4v) is 4.45. The van der Waals surface area contributed by atoms with Gasteiger partial charge in [-0.25, -0.2) is 9.37 Å². The lowest BCUT2D eigenvalue weighted by molar-refractivity contribution is 0.100. The number of carbonyl (C=O) groups excluding carboxylic acids is 1. The summed E-state index contributed by atoms with van der Waals surface area (Å²) in [4.78, 5) is 22.1. The zero-order chi connectivity index (χ0) is 20.0. The zero-order valence-electron chi connectivity index (χ0n) is 15.9. The van der Waals surface area contributed by atoms with Gasteiger partial charge < -0.3 is 15.6 Å². The zero-order valence-corrected chi connectivity index (χ0v) is 15.9. The molecular weight excluding hydrogens is 367 g/mol. The van der Waals surface area contributed by atoms with E-state index in [4.69, 9.17) is 5.73 Å². The number of H-pyrrole nitrogens is 1. The maximum atomic E-state index is 14.0. The number of rotatable bonds is 3. The minimum absolute atomic E-state index is 0.317. The summed E-state index contributed by atoms with van der Waals surface area (Å²) in [5, 5.41) is 1.47. The lowest BCUT2D eigenvalue weighted by Gasteiger charge is -2.34. The summed E-state index contributed by atoms with van der Waals surface area (Å²) < 4.78 is 14.0. The van der Waals surface area contributed by atoms with E-state index in [1.807, 2.05) is 6.07 Å². The molecule has 3 N–H and O–H groups in total. The van der Waals surface area contributed by atoms with Crippen molar-refractivity contribution in [2.45, 2.75) is 18.8 Å². The smallest absolute Gasteiger partial charge is 0.252 e. The Balaban J connectivity index is 1.66. The molecule has 2 aromatic heterocycles. The Labute approximate surface area is 167 Å². The van der Waals surface area contributed by atoms with Crippen molar-refractivity contribution >= 4 is 33.5 Å². The third kappa shape index (κ3) is 3.01. The van der Waals surface area contributed by atoms with Gasteiger partial charge in [0.2, 0.25) is 0 Å². The van der Waals surface area contributed by atoms with Gasteiger partial charge in [-0.2, -0.15) is 0 Å². The molecule has 5 rings (SSSR count). The van der Waals surface area contributed by atoms with E-state index in [0.717, 1.165) is 42.7 Å². The molecule has 0 aliphatic carbocycles. The van der Waals surface area contributed by atoms with Crippen molar-refractivity contribution < 1.29 is 9.18 Å². The fraction of sp³-hybridized carbons (Fsp3) is 0.217. The topological polar surface area (TPSA) is 75.0 Å². The Morgan fingerprint density at radius 3 is 2.83 bits per heavy atom. The first-order chi connectivity index (χ1) is 14.1. The van der Waals surface area contributed by atoms with E-state index < -0.39 is 5.91 Å². The molecule has 1 saturated heterocycles. The van der Waals surface area contributed by atoms with E-state index in [-0.39, 0.29) is 5.82 Å². The molecule has 0 radical (unpaired) electrons. The van der Waals surface area contributed by atoms with Crippen molar-refractivity contribution in [1.82, 2.24) is 9.97 Å². The molecule has 6 heteroatoms. The summed E-state index contributed by atoms with van der Waals surface area (Å²) >= 11 is 0. The molecule has 1 atom stereocenters. The van der Waals surface area contributed by atoms with Gasteiger partial charge in [-0.3, -0.25) is 4.79 Å². The summed E-state index contributed by atoms with van der Waals surface area (Å²) in [6.07, 6.45) is 3.68. The Kier molecular flexibility index (Phi) is 4.19. The summed E-state index contributed by atoms with van der Waals surface area (Å²) in [5.74, 6) is 0.290. The molecule has 5 nitrogen and oxygen atoms in total. The molecule has 1 aliphatic heterocycles. The largest absolute Gasteiger partial charge is 0.365 e. The molecule has 4 aromatic rings. The molecule has 0 spiro atoms. The maximum Gasteiger partial charge on any atom is 0.252 e. The van der Waals surface area contributed by atoms with Crippen LogP contribution in [0.2, 0.25) is 0 Å². The van der Waals surface area contributed by atoms with E-state index in [9.17, 15) is 9.18 Å². The average Bonchev–Trinajstić information content (AvgIpc) is 3.12. The second-order valence-electron chi connectivity index (χ2n) is 7.62. The molecule has 1 unspecified atom stereocenters. The van der Waals surface area contributed by atoms with Crippen molar-refractivity contribution in [3.63, 3.8) is 0 Å². The van der Waals surface area contributed by atoms with Crippen LogP contribution in [0.15, 0.2) is 54.7 Å². The predicted octanol–water partition coefficient (Wildman–Crippen LogP) is 4.34. The van der Waals surface area contributed by atoms with Gasteiger partial charge in [0.05, 0.1) is 16.5 Å². The van der Waals surface area contributed by atoms with Crippen molar-refractivity contribution in [2.75, 3.05) is 18.0 Å². The molecule has 146 valence electrons. The van der Waals surface area contributed by atoms with E-state index in [1.165, 1.54) is 23.9 Å². The second kappa shape index (κ2) is 6.88. The third-order valence-corrected chi connectivity index (χ3v) is 5.83. The molecule has 1 aliphatic rings. The second-order valence-corrected chi connectivity index (χ2v) is 7.62. The summed E-state index contributed by atoms with van der Waals surface area (Å²) in [5.41, 5.74) is 8.58. The highest BCUT2D eigenvalue weighted by Crippen LogP contribution is 2.37. The first-order valence-electron chi connectivity index (χ1n) is 9.81. The molecule has 0 bridgehead atoms. The normalized spacial score (nSPS) is 17.1. The number of primary amides is 1. The highest BCUT2D eigenvalue weighted by Gasteiger charge is 2.26. The lowest BCUT2D eigenvalue weighted by atomic mass is 9.90. The molecule has 29 heavy (non-hydrogen) atoms. The number of benzene rings is 2. The van der Waals surface area contributed by atoms with Gasteiger partial charge in [-0.15, -0.1) is 0 Å². The van der Waals surface area contributed by atoms with Crippen LogP contribution in [-0.4, -0.2) is 29.0 Å². The molecule has 3 heterocycles. The number of nitrogens with two attached hydrogens (primary N) is 1. The van der Waals surface area contributed by atoms with Gasteiger partial charge in [0.15, 0.2) is 0 Å². The van der Waals surface area contributed by atoms with Gasteiger partial charge in [0, 0.05) is 36.1 Å².